The Morgan fingerprint density at radius 1 is 1.10 bits per heavy atom. The van der Waals surface area contributed by atoms with Gasteiger partial charge in [0.1, 0.15) is 12.4 Å². The molecule has 0 aliphatic carbocycles. The second-order valence-corrected chi connectivity index (χ2v) is 5.45. The topological polar surface area (TPSA) is 45.7 Å². The highest BCUT2D eigenvalue weighted by atomic mass is 32.1. The van der Waals surface area contributed by atoms with E-state index in [0.29, 0.717) is 13.2 Å². The number of aliphatic imine (C=N–C) groups is 1. The van der Waals surface area contributed by atoms with Crippen LogP contribution in [0.25, 0.3) is 0 Å². The average Bonchev–Trinajstić information content (AvgIpc) is 3.04. The van der Waals surface area contributed by atoms with Gasteiger partial charge in [-0.15, -0.1) is 11.3 Å². The van der Waals surface area contributed by atoms with Crippen molar-refractivity contribution in [1.29, 1.82) is 0 Å². The lowest BCUT2D eigenvalue weighted by atomic mass is 10.3. The van der Waals surface area contributed by atoms with Gasteiger partial charge in [-0.1, -0.05) is 24.3 Å². The predicted molar refractivity (Wildman–Crippen MR) is 89.3 cm³/mol. The van der Waals surface area contributed by atoms with E-state index in [-0.39, 0.29) is 0 Å². The molecule has 0 aliphatic heterocycles. The molecule has 0 amide bonds. The Hall–Kier alpha value is -2.01. The first-order valence-corrected chi connectivity index (χ1v) is 7.91. The second kappa shape index (κ2) is 9.02. The number of ether oxygens (including phenoxy) is 1. The highest BCUT2D eigenvalue weighted by Gasteiger charge is 1.98. The molecule has 0 saturated carbocycles. The number of benzene rings is 1. The number of nitrogens with one attached hydrogen (secondary N) is 2. The standard InChI is InChI=1S/C16H21N3OS/c1-17-16(18-10-9-15-8-5-13-21-15)19-11-12-20-14-6-3-2-4-7-14/h2-8,13H,9-12H2,1H3,(H2,17,18,19). The van der Waals surface area contributed by atoms with E-state index in [1.165, 1.54) is 4.88 Å². The van der Waals surface area contributed by atoms with Gasteiger partial charge in [0.15, 0.2) is 5.96 Å². The smallest absolute Gasteiger partial charge is 0.191 e. The summed E-state index contributed by atoms with van der Waals surface area (Å²) in [5, 5.41) is 8.63. The summed E-state index contributed by atoms with van der Waals surface area (Å²) in [6, 6.07) is 14.0. The van der Waals surface area contributed by atoms with Gasteiger partial charge in [-0.25, -0.2) is 0 Å². The van der Waals surface area contributed by atoms with Crippen molar-refractivity contribution < 1.29 is 4.74 Å². The van der Waals surface area contributed by atoms with Gasteiger partial charge in [0.25, 0.3) is 0 Å². The summed E-state index contributed by atoms with van der Waals surface area (Å²) >= 11 is 1.78. The lowest BCUT2D eigenvalue weighted by Gasteiger charge is -2.12. The summed E-state index contributed by atoms with van der Waals surface area (Å²) in [6.07, 6.45) is 1.01. The molecule has 0 spiro atoms. The van der Waals surface area contributed by atoms with E-state index in [2.05, 4.69) is 33.1 Å². The Balaban J connectivity index is 1.59. The lowest BCUT2D eigenvalue weighted by molar-refractivity contribution is 0.322. The van der Waals surface area contributed by atoms with Gasteiger partial charge in [0.05, 0.1) is 6.54 Å². The van der Waals surface area contributed by atoms with Crippen LogP contribution in [0.3, 0.4) is 0 Å². The van der Waals surface area contributed by atoms with Crippen LogP contribution in [0.5, 0.6) is 5.75 Å². The molecule has 0 saturated heterocycles. The first-order valence-electron chi connectivity index (χ1n) is 7.03. The van der Waals surface area contributed by atoms with Crippen molar-refractivity contribution in [3.05, 3.63) is 52.7 Å². The van der Waals surface area contributed by atoms with Crippen LogP contribution in [-0.2, 0) is 6.42 Å². The molecular weight excluding hydrogens is 282 g/mol. The van der Waals surface area contributed by atoms with Crippen LogP contribution >= 0.6 is 11.3 Å². The highest BCUT2D eigenvalue weighted by molar-refractivity contribution is 7.09. The van der Waals surface area contributed by atoms with E-state index in [9.17, 15) is 0 Å². The van der Waals surface area contributed by atoms with Gasteiger partial charge in [-0.05, 0) is 30.0 Å². The third-order valence-electron chi connectivity index (χ3n) is 2.87. The van der Waals surface area contributed by atoms with Gasteiger partial charge in [0.2, 0.25) is 0 Å². The Morgan fingerprint density at radius 3 is 2.62 bits per heavy atom. The molecule has 1 aromatic heterocycles. The number of hydrogen-bond acceptors (Lipinski definition) is 3. The molecule has 5 heteroatoms. The molecule has 2 N–H and O–H groups in total. The van der Waals surface area contributed by atoms with Crippen molar-refractivity contribution in [3.8, 4) is 5.75 Å². The Labute approximate surface area is 129 Å². The van der Waals surface area contributed by atoms with Crippen molar-refractivity contribution in [2.75, 3.05) is 26.7 Å². The van der Waals surface area contributed by atoms with Crippen LogP contribution < -0.4 is 15.4 Å². The van der Waals surface area contributed by atoms with Crippen LogP contribution in [0.4, 0.5) is 0 Å². The first kappa shape index (κ1) is 15.4. The maximum Gasteiger partial charge on any atom is 0.191 e. The van der Waals surface area contributed by atoms with E-state index in [0.717, 1.165) is 24.7 Å². The zero-order valence-electron chi connectivity index (χ0n) is 12.2. The second-order valence-electron chi connectivity index (χ2n) is 4.42. The van der Waals surface area contributed by atoms with E-state index >= 15 is 0 Å². The molecule has 21 heavy (non-hydrogen) atoms. The average molecular weight is 303 g/mol. The molecule has 2 rings (SSSR count). The molecule has 0 radical (unpaired) electrons. The largest absolute Gasteiger partial charge is 0.492 e. The van der Waals surface area contributed by atoms with E-state index in [1.54, 1.807) is 18.4 Å². The van der Waals surface area contributed by atoms with Crippen LogP contribution in [0.2, 0.25) is 0 Å². The van der Waals surface area contributed by atoms with Crippen molar-refractivity contribution in [1.82, 2.24) is 10.6 Å². The summed E-state index contributed by atoms with van der Waals surface area (Å²) in [6.45, 7) is 2.20. The normalized spacial score (nSPS) is 11.2. The summed E-state index contributed by atoms with van der Waals surface area (Å²) < 4.78 is 5.62. The van der Waals surface area contributed by atoms with Crippen LogP contribution in [-0.4, -0.2) is 32.7 Å². The van der Waals surface area contributed by atoms with Crippen molar-refractivity contribution >= 4 is 17.3 Å². The molecule has 0 bridgehead atoms. The number of nitrogens with zero attached hydrogens (tertiary/aromatic N) is 1. The molecule has 112 valence electrons. The molecule has 0 unspecified atom stereocenters. The summed E-state index contributed by atoms with van der Waals surface area (Å²) in [7, 11) is 1.78. The van der Waals surface area contributed by atoms with E-state index in [1.807, 2.05) is 30.3 Å². The fourth-order valence-electron chi connectivity index (χ4n) is 1.83. The van der Waals surface area contributed by atoms with Gasteiger partial charge in [0, 0.05) is 18.5 Å². The zero-order chi connectivity index (χ0) is 14.8. The van der Waals surface area contributed by atoms with Crippen LogP contribution in [0.15, 0.2) is 52.8 Å². The quantitative estimate of drug-likeness (QED) is 0.469. The van der Waals surface area contributed by atoms with Crippen molar-refractivity contribution in [3.63, 3.8) is 0 Å². The molecular formula is C16H21N3OS. The summed E-state index contributed by atoms with van der Waals surface area (Å²) in [4.78, 5) is 5.57. The lowest BCUT2D eigenvalue weighted by Crippen LogP contribution is -2.40. The van der Waals surface area contributed by atoms with Gasteiger partial charge < -0.3 is 15.4 Å². The summed E-state index contributed by atoms with van der Waals surface area (Å²) in [5.41, 5.74) is 0. The molecule has 2 aromatic rings. The number of thiophene rings is 1. The van der Waals surface area contributed by atoms with Crippen LogP contribution in [0.1, 0.15) is 4.88 Å². The third-order valence-corrected chi connectivity index (χ3v) is 3.81. The minimum atomic E-state index is 0.607. The van der Waals surface area contributed by atoms with E-state index in [4.69, 9.17) is 4.74 Å². The van der Waals surface area contributed by atoms with Gasteiger partial charge in [-0.2, -0.15) is 0 Å². The molecule has 4 nitrogen and oxygen atoms in total. The SMILES string of the molecule is CN=C(NCCOc1ccccc1)NCCc1cccs1. The highest BCUT2D eigenvalue weighted by Crippen LogP contribution is 2.08. The van der Waals surface area contributed by atoms with Crippen molar-refractivity contribution in [2.45, 2.75) is 6.42 Å². The Kier molecular flexibility index (Phi) is 6.61. The minimum Gasteiger partial charge on any atom is -0.492 e. The Bertz CT molecular complexity index is 526. The maximum atomic E-state index is 5.62. The number of para-hydroxylation sites is 1. The monoisotopic (exact) mass is 303 g/mol. The fourth-order valence-corrected chi connectivity index (χ4v) is 2.54. The molecule has 1 aromatic carbocycles. The Morgan fingerprint density at radius 2 is 1.90 bits per heavy atom. The predicted octanol–water partition coefficient (Wildman–Crippen LogP) is 2.53. The number of rotatable bonds is 7. The third kappa shape index (κ3) is 5.87. The molecule has 0 fully saturated rings. The summed E-state index contributed by atoms with van der Waals surface area (Å²) in [5.74, 6) is 1.70. The van der Waals surface area contributed by atoms with E-state index < -0.39 is 0 Å². The van der Waals surface area contributed by atoms with Gasteiger partial charge >= 0.3 is 0 Å². The van der Waals surface area contributed by atoms with Gasteiger partial charge in [-0.3, -0.25) is 4.99 Å². The maximum absolute atomic E-state index is 5.62. The first-order chi connectivity index (χ1) is 10.4. The van der Waals surface area contributed by atoms with Crippen LogP contribution in [0, 0.1) is 0 Å². The molecule has 0 aliphatic rings. The zero-order valence-corrected chi connectivity index (χ0v) is 13.0. The minimum absolute atomic E-state index is 0.607. The fraction of sp³-hybridized carbons (Fsp3) is 0.312. The number of guanidine groups is 1. The molecule has 0 atom stereocenters. The molecule has 1 heterocycles. The number of hydrogen-bond donors (Lipinski definition) is 2. The van der Waals surface area contributed by atoms with Crippen molar-refractivity contribution in [2.24, 2.45) is 4.99 Å².